The van der Waals surface area contributed by atoms with E-state index in [0.29, 0.717) is 18.5 Å². The molecular weight excluding hydrogens is 240 g/mol. The second kappa shape index (κ2) is 7.13. The zero-order valence-corrected chi connectivity index (χ0v) is 11.8. The summed E-state index contributed by atoms with van der Waals surface area (Å²) in [4.78, 5) is 2.11. The summed E-state index contributed by atoms with van der Waals surface area (Å²) in [6.07, 6.45) is 0.0758. The van der Waals surface area contributed by atoms with Gasteiger partial charge in [-0.05, 0) is 39.3 Å². The van der Waals surface area contributed by atoms with E-state index in [9.17, 15) is 5.11 Å². The van der Waals surface area contributed by atoms with E-state index in [-0.39, 0.29) is 12.6 Å². The Kier molecular flexibility index (Phi) is 5.81. The van der Waals surface area contributed by atoms with Gasteiger partial charge in [-0.25, -0.2) is 0 Å². The Morgan fingerprint density at radius 3 is 2.47 bits per heavy atom. The molecule has 2 N–H and O–H groups in total. The number of anilines is 1. The highest BCUT2D eigenvalue weighted by atomic mass is 16.3. The molecule has 0 unspecified atom stereocenters. The number of rotatable bonds is 6. The topological polar surface area (TPSA) is 67.5 Å². The highest BCUT2D eigenvalue weighted by molar-refractivity contribution is 5.59. The lowest BCUT2D eigenvalue weighted by molar-refractivity contribution is 0.199. The van der Waals surface area contributed by atoms with E-state index in [2.05, 4.69) is 24.8 Å². The molecule has 1 atom stereocenters. The fourth-order valence-corrected chi connectivity index (χ4v) is 2.11. The minimum atomic E-state index is -0.585. The van der Waals surface area contributed by atoms with Crippen LogP contribution in [0, 0.1) is 11.3 Å². The predicted molar refractivity (Wildman–Crippen MR) is 76.0 cm³/mol. The van der Waals surface area contributed by atoms with E-state index < -0.39 is 6.10 Å². The van der Waals surface area contributed by atoms with Crippen LogP contribution in [-0.2, 0) is 0 Å². The molecule has 0 spiro atoms. The third-order valence-corrected chi connectivity index (χ3v) is 3.10. The maximum Gasteiger partial charge on any atom is 0.0992 e. The molecule has 0 amide bonds. The van der Waals surface area contributed by atoms with Gasteiger partial charge in [0, 0.05) is 30.4 Å². The summed E-state index contributed by atoms with van der Waals surface area (Å²) < 4.78 is 0. The number of nitriles is 1. The van der Waals surface area contributed by atoms with Crippen LogP contribution in [0.2, 0.25) is 0 Å². The Morgan fingerprint density at radius 2 is 2.00 bits per heavy atom. The average Bonchev–Trinajstić information content (AvgIpc) is 2.38. The summed E-state index contributed by atoms with van der Waals surface area (Å²) >= 11 is 0. The molecule has 0 heterocycles. The average molecular weight is 262 g/mol. The molecule has 1 aromatic carbocycles. The SMILES string of the molecule is CC(C)N(CCCO)c1cc(C#N)ccc1[C@H](C)O. The standard InChI is InChI=1S/C15H22N2O2/c1-11(2)17(7-4-8-18)15-9-13(10-16)5-6-14(15)12(3)19/h5-6,9,11-12,18-19H,4,7-8H2,1-3H3/t12-/m0/s1. The lowest BCUT2D eigenvalue weighted by Crippen LogP contribution is -2.33. The number of benzene rings is 1. The molecule has 4 nitrogen and oxygen atoms in total. The number of hydrogen-bond acceptors (Lipinski definition) is 4. The van der Waals surface area contributed by atoms with Crippen LogP contribution in [0.25, 0.3) is 0 Å². The van der Waals surface area contributed by atoms with Crippen molar-refractivity contribution in [2.45, 2.75) is 39.3 Å². The lowest BCUT2D eigenvalue weighted by Gasteiger charge is -2.31. The van der Waals surface area contributed by atoms with Gasteiger partial charge >= 0.3 is 0 Å². The van der Waals surface area contributed by atoms with E-state index in [4.69, 9.17) is 10.4 Å². The fraction of sp³-hybridized carbons (Fsp3) is 0.533. The second-order valence-electron chi connectivity index (χ2n) is 4.93. The first-order valence-electron chi connectivity index (χ1n) is 6.60. The van der Waals surface area contributed by atoms with Crippen molar-refractivity contribution in [3.63, 3.8) is 0 Å². The van der Waals surface area contributed by atoms with E-state index >= 15 is 0 Å². The van der Waals surface area contributed by atoms with Crippen LogP contribution in [0.1, 0.15) is 44.4 Å². The largest absolute Gasteiger partial charge is 0.396 e. The molecule has 0 saturated carbocycles. The number of aliphatic hydroxyl groups is 2. The Balaban J connectivity index is 3.21. The van der Waals surface area contributed by atoms with Crippen molar-refractivity contribution in [1.29, 1.82) is 5.26 Å². The molecule has 1 aromatic rings. The molecule has 0 aliphatic heterocycles. The molecule has 0 aromatic heterocycles. The predicted octanol–water partition coefficient (Wildman–Crippen LogP) is 2.21. The van der Waals surface area contributed by atoms with Gasteiger partial charge in [-0.15, -0.1) is 0 Å². The fourth-order valence-electron chi connectivity index (χ4n) is 2.11. The highest BCUT2D eigenvalue weighted by Crippen LogP contribution is 2.29. The zero-order chi connectivity index (χ0) is 14.4. The van der Waals surface area contributed by atoms with Gasteiger partial charge in [0.1, 0.15) is 0 Å². The van der Waals surface area contributed by atoms with Crippen molar-refractivity contribution >= 4 is 5.69 Å². The molecule has 0 radical (unpaired) electrons. The summed E-state index contributed by atoms with van der Waals surface area (Å²) in [5.74, 6) is 0. The smallest absolute Gasteiger partial charge is 0.0992 e. The third kappa shape index (κ3) is 3.95. The van der Waals surface area contributed by atoms with Gasteiger partial charge in [0.2, 0.25) is 0 Å². The monoisotopic (exact) mass is 262 g/mol. The molecule has 1 rings (SSSR count). The maximum atomic E-state index is 9.87. The van der Waals surface area contributed by atoms with Gasteiger partial charge in [0.25, 0.3) is 0 Å². The van der Waals surface area contributed by atoms with Gasteiger partial charge in [-0.2, -0.15) is 5.26 Å². The van der Waals surface area contributed by atoms with Gasteiger partial charge in [0.15, 0.2) is 0 Å². The van der Waals surface area contributed by atoms with Crippen LogP contribution >= 0.6 is 0 Å². The van der Waals surface area contributed by atoms with Crippen LogP contribution < -0.4 is 4.90 Å². The quantitative estimate of drug-likeness (QED) is 0.824. The molecule has 0 aliphatic carbocycles. The van der Waals surface area contributed by atoms with Crippen molar-refractivity contribution in [2.24, 2.45) is 0 Å². The van der Waals surface area contributed by atoms with Crippen molar-refractivity contribution in [2.75, 3.05) is 18.1 Å². The van der Waals surface area contributed by atoms with Crippen LogP contribution in [0.3, 0.4) is 0 Å². The summed E-state index contributed by atoms with van der Waals surface area (Å²) in [5.41, 5.74) is 2.26. The van der Waals surface area contributed by atoms with Gasteiger partial charge < -0.3 is 15.1 Å². The lowest BCUT2D eigenvalue weighted by atomic mass is 10.0. The van der Waals surface area contributed by atoms with Crippen LogP contribution in [-0.4, -0.2) is 29.4 Å². The Morgan fingerprint density at radius 1 is 1.32 bits per heavy atom. The summed E-state index contributed by atoms with van der Waals surface area (Å²) in [5, 5.41) is 27.9. The minimum Gasteiger partial charge on any atom is -0.396 e. The number of aliphatic hydroxyl groups excluding tert-OH is 2. The van der Waals surface area contributed by atoms with E-state index in [1.165, 1.54) is 0 Å². The first-order chi connectivity index (χ1) is 9.01. The van der Waals surface area contributed by atoms with E-state index in [0.717, 1.165) is 11.3 Å². The first-order valence-corrected chi connectivity index (χ1v) is 6.60. The van der Waals surface area contributed by atoms with Gasteiger partial charge in [0.05, 0.1) is 17.7 Å². The molecule has 4 heteroatoms. The van der Waals surface area contributed by atoms with Crippen molar-refractivity contribution in [3.8, 4) is 6.07 Å². The zero-order valence-electron chi connectivity index (χ0n) is 11.8. The van der Waals surface area contributed by atoms with Gasteiger partial charge in [-0.1, -0.05) is 6.07 Å². The first kappa shape index (κ1) is 15.5. The molecule has 0 bridgehead atoms. The van der Waals surface area contributed by atoms with E-state index in [1.807, 2.05) is 0 Å². The number of nitrogens with zero attached hydrogens (tertiary/aromatic N) is 2. The maximum absolute atomic E-state index is 9.87. The molecule has 0 saturated heterocycles. The summed E-state index contributed by atoms with van der Waals surface area (Å²) in [7, 11) is 0. The van der Waals surface area contributed by atoms with Crippen molar-refractivity contribution < 1.29 is 10.2 Å². The van der Waals surface area contributed by atoms with Crippen LogP contribution in [0.5, 0.6) is 0 Å². The highest BCUT2D eigenvalue weighted by Gasteiger charge is 2.17. The Labute approximate surface area is 114 Å². The van der Waals surface area contributed by atoms with Gasteiger partial charge in [-0.3, -0.25) is 0 Å². The molecule has 104 valence electrons. The summed E-state index contributed by atoms with van der Waals surface area (Å²) in [6.45, 7) is 6.66. The molecule has 0 aliphatic rings. The minimum absolute atomic E-state index is 0.130. The van der Waals surface area contributed by atoms with Crippen LogP contribution in [0.4, 0.5) is 5.69 Å². The summed E-state index contributed by atoms with van der Waals surface area (Å²) in [6, 6.07) is 7.68. The third-order valence-electron chi connectivity index (χ3n) is 3.10. The Bertz CT molecular complexity index is 450. The molecular formula is C15H22N2O2. The van der Waals surface area contributed by atoms with Crippen molar-refractivity contribution in [1.82, 2.24) is 0 Å². The van der Waals surface area contributed by atoms with Crippen LogP contribution in [0.15, 0.2) is 18.2 Å². The number of hydrogen-bond donors (Lipinski definition) is 2. The van der Waals surface area contributed by atoms with Crippen molar-refractivity contribution in [3.05, 3.63) is 29.3 Å². The molecule has 19 heavy (non-hydrogen) atoms. The van der Waals surface area contributed by atoms with E-state index in [1.54, 1.807) is 25.1 Å². The Hall–Kier alpha value is -1.57. The molecule has 0 fully saturated rings. The normalized spacial score (nSPS) is 12.3. The second-order valence-corrected chi connectivity index (χ2v) is 4.93.